The Kier molecular flexibility index (Phi) is 12.2. The number of urea groups is 1. The molecule has 0 radical (unpaired) electrons. The van der Waals surface area contributed by atoms with Crippen molar-refractivity contribution in [3.63, 3.8) is 0 Å². The Morgan fingerprint density at radius 2 is 1.86 bits per heavy atom. The zero-order valence-electron chi connectivity index (χ0n) is 25.2. The van der Waals surface area contributed by atoms with Crippen molar-refractivity contribution >= 4 is 23.5 Å². The third-order valence-corrected chi connectivity index (χ3v) is 8.20. The average Bonchev–Trinajstić information content (AvgIpc) is 3.46. The number of carbonyl (C=O) groups is 3. The van der Waals surface area contributed by atoms with Gasteiger partial charge in [-0.1, -0.05) is 49.6 Å². The van der Waals surface area contributed by atoms with Gasteiger partial charge in [0, 0.05) is 55.9 Å². The van der Waals surface area contributed by atoms with Crippen molar-refractivity contribution in [2.45, 2.75) is 82.9 Å². The molecule has 0 aromatic heterocycles. The number of carbonyl (C=O) groups excluding carboxylic acids is 3. The summed E-state index contributed by atoms with van der Waals surface area (Å²) in [6.45, 7) is 3.16. The Morgan fingerprint density at radius 3 is 2.53 bits per heavy atom. The molecule has 0 spiro atoms. The highest BCUT2D eigenvalue weighted by atomic mass is 16.5. The van der Waals surface area contributed by atoms with Gasteiger partial charge in [-0.05, 0) is 50.3 Å². The van der Waals surface area contributed by atoms with Gasteiger partial charge in [-0.25, -0.2) is 4.79 Å². The van der Waals surface area contributed by atoms with Crippen LogP contribution in [0.2, 0.25) is 0 Å². The lowest BCUT2D eigenvalue weighted by molar-refractivity contribution is -0.117. The minimum Gasteiger partial charge on any atom is -0.493 e. The van der Waals surface area contributed by atoms with Gasteiger partial charge >= 0.3 is 6.03 Å². The molecule has 2 aromatic rings. The molecule has 10 nitrogen and oxygen atoms in total. The number of rotatable bonds is 14. The molecule has 4 amide bonds. The maximum atomic E-state index is 13.7. The fraction of sp³-hybridized carbons (Fsp3) is 0.545. The van der Waals surface area contributed by atoms with Crippen LogP contribution in [-0.4, -0.2) is 84.0 Å². The van der Waals surface area contributed by atoms with Crippen molar-refractivity contribution < 1.29 is 29.3 Å². The second-order valence-corrected chi connectivity index (χ2v) is 11.5. The van der Waals surface area contributed by atoms with E-state index in [4.69, 9.17) is 9.84 Å². The normalized spacial score (nSPS) is 16.9. The highest BCUT2D eigenvalue weighted by Gasteiger charge is 2.28. The van der Waals surface area contributed by atoms with Crippen LogP contribution in [0.15, 0.2) is 48.5 Å². The molecule has 2 atom stereocenters. The molecule has 1 aliphatic carbocycles. The number of benzene rings is 2. The lowest BCUT2D eigenvalue weighted by Gasteiger charge is -2.32. The van der Waals surface area contributed by atoms with Gasteiger partial charge in [-0.15, -0.1) is 0 Å². The van der Waals surface area contributed by atoms with Crippen LogP contribution in [0.4, 0.5) is 10.5 Å². The molecule has 1 saturated heterocycles. The fourth-order valence-corrected chi connectivity index (χ4v) is 5.75. The Morgan fingerprint density at radius 1 is 1.09 bits per heavy atom. The quantitative estimate of drug-likeness (QED) is 0.247. The van der Waals surface area contributed by atoms with Crippen molar-refractivity contribution in [1.82, 2.24) is 15.5 Å². The zero-order chi connectivity index (χ0) is 30.6. The smallest absolute Gasteiger partial charge is 0.317 e. The van der Waals surface area contributed by atoms with Gasteiger partial charge in [0.05, 0.1) is 25.3 Å². The van der Waals surface area contributed by atoms with E-state index in [1.165, 1.54) is 6.42 Å². The topological polar surface area (TPSA) is 131 Å². The monoisotopic (exact) mass is 594 g/mol. The van der Waals surface area contributed by atoms with Crippen molar-refractivity contribution in [1.29, 1.82) is 0 Å². The number of anilines is 1. The fourth-order valence-electron chi connectivity index (χ4n) is 5.75. The van der Waals surface area contributed by atoms with Crippen LogP contribution in [0.1, 0.15) is 74.2 Å². The van der Waals surface area contributed by atoms with Gasteiger partial charge in [0.2, 0.25) is 5.91 Å². The lowest BCUT2D eigenvalue weighted by Crippen LogP contribution is -2.53. The van der Waals surface area contributed by atoms with Crippen LogP contribution >= 0.6 is 0 Å². The van der Waals surface area contributed by atoms with E-state index in [0.29, 0.717) is 49.4 Å². The van der Waals surface area contributed by atoms with Gasteiger partial charge in [0.1, 0.15) is 5.75 Å². The molecule has 1 aliphatic heterocycles. The van der Waals surface area contributed by atoms with Crippen LogP contribution in [0.5, 0.6) is 5.75 Å². The van der Waals surface area contributed by atoms with E-state index in [2.05, 4.69) is 10.6 Å². The molecule has 4 rings (SSSR count). The first-order chi connectivity index (χ1) is 20.9. The van der Waals surface area contributed by atoms with Gasteiger partial charge in [-0.3, -0.25) is 9.59 Å². The molecule has 1 saturated carbocycles. The second kappa shape index (κ2) is 16.3. The SMILES string of the molecule is CCN(C[C@H](O)[C@H](Cc1ccccc1)NC(=O)c1cc(OCCCO)cc(N2CCCC2=O)c1)C(=O)NC1CCCCC1. The first kappa shape index (κ1) is 32.3. The van der Waals surface area contributed by atoms with E-state index in [1.54, 1.807) is 28.0 Å². The third kappa shape index (κ3) is 9.43. The van der Waals surface area contributed by atoms with E-state index >= 15 is 0 Å². The van der Waals surface area contributed by atoms with Gasteiger partial charge in [0.25, 0.3) is 5.91 Å². The maximum Gasteiger partial charge on any atom is 0.317 e. The zero-order valence-corrected chi connectivity index (χ0v) is 25.2. The second-order valence-electron chi connectivity index (χ2n) is 11.5. The number of aliphatic hydroxyl groups is 2. The molecular weight excluding hydrogens is 548 g/mol. The summed E-state index contributed by atoms with van der Waals surface area (Å²) in [5, 5.41) is 26.7. The molecule has 2 aliphatic rings. The molecule has 43 heavy (non-hydrogen) atoms. The first-order valence-electron chi connectivity index (χ1n) is 15.6. The van der Waals surface area contributed by atoms with E-state index < -0.39 is 18.1 Å². The Hall–Kier alpha value is -3.63. The summed E-state index contributed by atoms with van der Waals surface area (Å²) in [5.41, 5.74) is 1.81. The third-order valence-electron chi connectivity index (χ3n) is 8.20. The number of nitrogens with zero attached hydrogens (tertiary/aromatic N) is 2. The molecule has 1 heterocycles. The molecule has 0 bridgehead atoms. The van der Waals surface area contributed by atoms with Crippen LogP contribution < -0.4 is 20.3 Å². The highest BCUT2D eigenvalue weighted by molar-refractivity contribution is 5.99. The summed E-state index contributed by atoms with van der Waals surface area (Å²) in [6.07, 6.45) is 6.27. The predicted octanol–water partition coefficient (Wildman–Crippen LogP) is 3.64. The van der Waals surface area contributed by atoms with Crippen molar-refractivity contribution in [3.8, 4) is 5.75 Å². The molecular formula is C33H46N4O6. The average molecular weight is 595 g/mol. The van der Waals surface area contributed by atoms with Gasteiger partial charge in [-0.2, -0.15) is 0 Å². The Bertz CT molecular complexity index is 1200. The number of amides is 4. The Labute approximate surface area is 254 Å². The standard InChI is InChI=1S/C33H46N4O6/c1-2-36(33(42)34-26-13-7-4-8-14-26)23-30(39)29(19-24-11-5-3-6-12-24)35-32(41)25-20-27(37-16-9-15-31(37)40)22-28(21-25)43-18-10-17-38/h3,5-6,11-12,20-22,26,29-30,38-39H,2,4,7-10,13-19,23H2,1H3,(H,34,42)(H,35,41)/t29-,30-/m0/s1. The molecule has 2 aromatic carbocycles. The van der Waals surface area contributed by atoms with Crippen molar-refractivity contribution in [3.05, 3.63) is 59.7 Å². The molecule has 234 valence electrons. The maximum absolute atomic E-state index is 13.7. The van der Waals surface area contributed by atoms with Crippen LogP contribution in [-0.2, 0) is 11.2 Å². The number of hydrogen-bond donors (Lipinski definition) is 4. The summed E-state index contributed by atoms with van der Waals surface area (Å²) in [6, 6.07) is 13.9. The van der Waals surface area contributed by atoms with E-state index in [0.717, 1.165) is 37.7 Å². The molecule has 2 fully saturated rings. The summed E-state index contributed by atoms with van der Waals surface area (Å²) in [4.78, 5) is 42.5. The number of ether oxygens (including phenoxy) is 1. The summed E-state index contributed by atoms with van der Waals surface area (Å²) in [5.74, 6) is -0.00917. The van der Waals surface area contributed by atoms with Gasteiger partial charge < -0.3 is 35.4 Å². The largest absolute Gasteiger partial charge is 0.493 e. The van der Waals surface area contributed by atoms with Crippen LogP contribution in [0, 0.1) is 0 Å². The summed E-state index contributed by atoms with van der Waals surface area (Å²) < 4.78 is 5.80. The minimum absolute atomic E-state index is 0.0117. The lowest BCUT2D eigenvalue weighted by atomic mass is 9.96. The summed E-state index contributed by atoms with van der Waals surface area (Å²) >= 11 is 0. The number of nitrogens with one attached hydrogen (secondary N) is 2. The van der Waals surface area contributed by atoms with Crippen molar-refractivity contribution in [2.75, 3.05) is 37.7 Å². The highest BCUT2D eigenvalue weighted by Crippen LogP contribution is 2.28. The number of hydrogen-bond acceptors (Lipinski definition) is 6. The molecule has 10 heteroatoms. The van der Waals surface area contributed by atoms with Gasteiger partial charge in [0.15, 0.2) is 0 Å². The van der Waals surface area contributed by atoms with E-state index in [-0.39, 0.29) is 37.7 Å². The van der Waals surface area contributed by atoms with E-state index in [9.17, 15) is 19.5 Å². The van der Waals surface area contributed by atoms with E-state index in [1.807, 2.05) is 37.3 Å². The molecule has 0 unspecified atom stereocenters. The van der Waals surface area contributed by atoms with Crippen LogP contribution in [0.25, 0.3) is 0 Å². The number of aliphatic hydroxyl groups excluding tert-OH is 2. The van der Waals surface area contributed by atoms with Crippen molar-refractivity contribution in [2.24, 2.45) is 0 Å². The first-order valence-corrected chi connectivity index (χ1v) is 15.6. The molecule has 4 N–H and O–H groups in total. The van der Waals surface area contributed by atoms with Crippen LogP contribution in [0.3, 0.4) is 0 Å². The Balaban J connectivity index is 1.52. The predicted molar refractivity (Wildman–Crippen MR) is 165 cm³/mol. The minimum atomic E-state index is -1.04. The summed E-state index contributed by atoms with van der Waals surface area (Å²) in [7, 11) is 0. The number of likely N-dealkylation sites (N-methyl/N-ethyl adjacent to an activating group) is 1.